The fraction of sp³-hybridized carbons (Fsp3) is 0.600. The van der Waals surface area contributed by atoms with Crippen LogP contribution in [0.4, 0.5) is 0 Å². The third kappa shape index (κ3) is 10.5. The number of allylic oxidation sites excluding steroid dienone is 2. The van der Waals surface area contributed by atoms with E-state index >= 15 is 0 Å². The molecule has 0 aromatic carbocycles. The van der Waals surface area contributed by atoms with Gasteiger partial charge in [-0.1, -0.05) is 32.9 Å². The van der Waals surface area contributed by atoms with Crippen LogP contribution in [0.1, 0.15) is 33.6 Å². The molecule has 0 radical (unpaired) electrons. The Kier molecular flexibility index (Phi) is 13.8. The van der Waals surface area contributed by atoms with Crippen LogP contribution in [0.25, 0.3) is 0 Å². The molecule has 0 fully saturated rings. The molecule has 10 heavy (non-hydrogen) atoms. The maximum absolute atomic E-state index is 3.65. The molecule has 0 aliphatic heterocycles. The minimum atomic E-state index is 0.727. The molecule has 0 spiro atoms. The van der Waals surface area contributed by atoms with Crippen molar-refractivity contribution in [3.63, 3.8) is 0 Å². The smallest absolute Gasteiger partial charge is 0.0325 e. The molecule has 0 bridgehead atoms. The van der Waals surface area contributed by atoms with Crippen LogP contribution < -0.4 is 0 Å². The van der Waals surface area contributed by atoms with E-state index < -0.39 is 0 Å². The zero-order chi connectivity index (χ0) is 8.41. The van der Waals surface area contributed by atoms with Crippen molar-refractivity contribution in [1.29, 1.82) is 0 Å². The van der Waals surface area contributed by atoms with Crippen LogP contribution in [0.3, 0.4) is 0 Å². The molecular weight excluding hydrogens is 120 g/mol. The zero-order valence-corrected chi connectivity index (χ0v) is 7.56. The van der Waals surface area contributed by atoms with E-state index in [-0.39, 0.29) is 0 Å². The van der Waals surface area contributed by atoms with Gasteiger partial charge in [-0.15, -0.1) is 13.2 Å². The van der Waals surface area contributed by atoms with E-state index in [2.05, 4.69) is 20.1 Å². The Morgan fingerprint density at radius 1 is 1.10 bits per heavy atom. The third-order valence-corrected chi connectivity index (χ3v) is 1.14. The van der Waals surface area contributed by atoms with Gasteiger partial charge in [-0.3, -0.25) is 0 Å². The van der Waals surface area contributed by atoms with Crippen molar-refractivity contribution in [3.8, 4) is 0 Å². The van der Waals surface area contributed by atoms with Crippen molar-refractivity contribution in [2.45, 2.75) is 33.6 Å². The third-order valence-electron chi connectivity index (χ3n) is 1.14. The first-order valence-electron chi connectivity index (χ1n) is 4.03. The SMILES string of the molecule is C=CCC(C)CC=C.CC. The Bertz CT molecular complexity index is 62.1. The quantitative estimate of drug-likeness (QED) is 0.521. The molecule has 0 heteroatoms. The fourth-order valence-corrected chi connectivity index (χ4v) is 0.665. The lowest BCUT2D eigenvalue weighted by Crippen LogP contribution is -1.87. The summed E-state index contributed by atoms with van der Waals surface area (Å²) in [7, 11) is 0. The number of hydrogen-bond acceptors (Lipinski definition) is 0. The highest BCUT2D eigenvalue weighted by Gasteiger charge is 1.92. The normalized spacial score (nSPS) is 8.00. The van der Waals surface area contributed by atoms with Gasteiger partial charge in [-0.2, -0.15) is 0 Å². The van der Waals surface area contributed by atoms with Crippen molar-refractivity contribution in [2.75, 3.05) is 0 Å². The van der Waals surface area contributed by atoms with Gasteiger partial charge in [0.05, 0.1) is 0 Å². The molecule has 0 saturated carbocycles. The second-order valence-electron chi connectivity index (χ2n) is 2.15. The summed E-state index contributed by atoms with van der Waals surface area (Å²) in [5, 5.41) is 0. The van der Waals surface area contributed by atoms with Crippen molar-refractivity contribution < 1.29 is 0 Å². The first kappa shape index (κ1) is 12.2. The predicted octanol–water partition coefficient (Wildman–Crippen LogP) is 3.80. The van der Waals surface area contributed by atoms with Crippen LogP contribution in [0, 0.1) is 5.92 Å². The van der Waals surface area contributed by atoms with Crippen LogP contribution >= 0.6 is 0 Å². The Labute approximate surface area is 65.7 Å². The molecule has 0 nitrogen and oxygen atoms in total. The minimum Gasteiger partial charge on any atom is -0.103 e. The number of rotatable bonds is 4. The molecule has 0 rings (SSSR count). The van der Waals surface area contributed by atoms with Gasteiger partial charge in [0.2, 0.25) is 0 Å². The molecule has 0 aromatic heterocycles. The molecule has 0 unspecified atom stereocenters. The van der Waals surface area contributed by atoms with E-state index in [9.17, 15) is 0 Å². The average Bonchev–Trinajstić information content (AvgIpc) is 1.93. The maximum Gasteiger partial charge on any atom is -0.0325 e. The van der Waals surface area contributed by atoms with Gasteiger partial charge >= 0.3 is 0 Å². The molecule has 0 aromatic rings. The van der Waals surface area contributed by atoms with Gasteiger partial charge in [0.25, 0.3) is 0 Å². The highest BCUT2D eigenvalue weighted by molar-refractivity contribution is 4.76. The largest absolute Gasteiger partial charge is 0.103 e. The first-order valence-corrected chi connectivity index (χ1v) is 4.03. The molecule has 60 valence electrons. The van der Waals surface area contributed by atoms with Gasteiger partial charge in [0.15, 0.2) is 0 Å². The zero-order valence-electron chi connectivity index (χ0n) is 7.56. The second-order valence-corrected chi connectivity index (χ2v) is 2.15. The summed E-state index contributed by atoms with van der Waals surface area (Å²) in [6.07, 6.45) is 6.11. The highest BCUT2D eigenvalue weighted by atomic mass is 14.0. The maximum atomic E-state index is 3.65. The Balaban J connectivity index is 0. The van der Waals surface area contributed by atoms with Crippen molar-refractivity contribution in [1.82, 2.24) is 0 Å². The Morgan fingerprint density at radius 2 is 1.40 bits per heavy atom. The van der Waals surface area contributed by atoms with Gasteiger partial charge in [0.1, 0.15) is 0 Å². The van der Waals surface area contributed by atoms with E-state index in [4.69, 9.17) is 0 Å². The van der Waals surface area contributed by atoms with Gasteiger partial charge in [-0.25, -0.2) is 0 Å². The average molecular weight is 140 g/mol. The molecule has 0 N–H and O–H groups in total. The van der Waals surface area contributed by atoms with Gasteiger partial charge in [-0.05, 0) is 18.8 Å². The molecule has 0 aliphatic carbocycles. The molecule has 0 heterocycles. The fourth-order valence-electron chi connectivity index (χ4n) is 0.665. The van der Waals surface area contributed by atoms with Gasteiger partial charge < -0.3 is 0 Å². The van der Waals surface area contributed by atoms with Crippen LogP contribution in [-0.2, 0) is 0 Å². The number of hydrogen-bond donors (Lipinski definition) is 0. The van der Waals surface area contributed by atoms with E-state index in [1.54, 1.807) is 0 Å². The Hall–Kier alpha value is -0.520. The molecule has 0 saturated heterocycles. The van der Waals surface area contributed by atoms with E-state index in [0.29, 0.717) is 0 Å². The summed E-state index contributed by atoms with van der Waals surface area (Å²) in [6, 6.07) is 0. The predicted molar refractivity (Wildman–Crippen MR) is 50.1 cm³/mol. The van der Waals surface area contributed by atoms with Crippen LogP contribution in [0.5, 0.6) is 0 Å². The van der Waals surface area contributed by atoms with Crippen molar-refractivity contribution >= 4 is 0 Å². The lowest BCUT2D eigenvalue weighted by Gasteiger charge is -2.01. The van der Waals surface area contributed by atoms with Crippen LogP contribution in [0.15, 0.2) is 25.3 Å². The summed E-state index contributed by atoms with van der Waals surface area (Å²) < 4.78 is 0. The topological polar surface area (TPSA) is 0 Å². The lowest BCUT2D eigenvalue weighted by atomic mass is 10.0. The second kappa shape index (κ2) is 11.3. The molecule has 0 aliphatic rings. The summed E-state index contributed by atoms with van der Waals surface area (Å²) in [4.78, 5) is 0. The summed E-state index contributed by atoms with van der Waals surface area (Å²) in [5.74, 6) is 0.727. The van der Waals surface area contributed by atoms with Crippen LogP contribution in [0.2, 0.25) is 0 Å². The summed E-state index contributed by atoms with van der Waals surface area (Å²) >= 11 is 0. The summed E-state index contributed by atoms with van der Waals surface area (Å²) in [6.45, 7) is 13.5. The summed E-state index contributed by atoms with van der Waals surface area (Å²) in [5.41, 5.74) is 0. The first-order chi connectivity index (χ1) is 4.81. The standard InChI is InChI=1S/C8H14.C2H6/c1-4-6-8(3)7-5-2;1-2/h4-5,8H,1-2,6-7H2,3H3;1-2H3. The molecular formula is C10H20. The van der Waals surface area contributed by atoms with Gasteiger partial charge in [0, 0.05) is 0 Å². The molecule has 0 amide bonds. The monoisotopic (exact) mass is 140 g/mol. The molecule has 0 atom stereocenters. The lowest BCUT2D eigenvalue weighted by molar-refractivity contribution is 0.604. The Morgan fingerprint density at radius 3 is 1.60 bits per heavy atom. The van der Waals surface area contributed by atoms with E-state index in [1.807, 2.05) is 26.0 Å². The van der Waals surface area contributed by atoms with Crippen LogP contribution in [-0.4, -0.2) is 0 Å². The van der Waals surface area contributed by atoms with E-state index in [1.165, 1.54) is 0 Å². The highest BCUT2D eigenvalue weighted by Crippen LogP contribution is 2.06. The van der Waals surface area contributed by atoms with E-state index in [0.717, 1.165) is 18.8 Å². The van der Waals surface area contributed by atoms with Crippen molar-refractivity contribution in [3.05, 3.63) is 25.3 Å². The minimum absolute atomic E-state index is 0.727. The van der Waals surface area contributed by atoms with Crippen molar-refractivity contribution in [2.24, 2.45) is 5.92 Å².